The van der Waals surface area contributed by atoms with Crippen LogP contribution in [-0.2, 0) is 4.74 Å². The molecular weight excluding hydrogens is 210 g/mol. The Labute approximate surface area is 94.0 Å². The van der Waals surface area contributed by atoms with Gasteiger partial charge in [-0.05, 0) is 13.8 Å². The third kappa shape index (κ3) is 2.93. The smallest absolute Gasteiger partial charge is 0.341 e. The number of aromatic carboxylic acids is 1. The van der Waals surface area contributed by atoms with Crippen molar-refractivity contribution >= 4 is 5.97 Å². The monoisotopic (exact) mass is 225 g/mol. The Morgan fingerprint density at radius 3 is 2.69 bits per heavy atom. The van der Waals surface area contributed by atoms with Crippen LogP contribution in [0.1, 0.15) is 21.7 Å². The minimum atomic E-state index is -1.03. The van der Waals surface area contributed by atoms with E-state index in [1.165, 1.54) is 0 Å². The molecule has 88 valence electrons. The summed E-state index contributed by atoms with van der Waals surface area (Å²) in [4.78, 5) is 15.1. The summed E-state index contributed by atoms with van der Waals surface area (Å²) in [5.74, 6) is -0.688. The van der Waals surface area contributed by atoms with Gasteiger partial charge in [0.2, 0.25) is 0 Å². The highest BCUT2D eigenvalue weighted by Crippen LogP contribution is 2.22. The predicted molar refractivity (Wildman–Crippen MR) is 58.0 cm³/mol. The molecule has 0 saturated heterocycles. The maximum atomic E-state index is 11.0. The molecule has 0 saturated carbocycles. The Balaban J connectivity index is 2.99. The van der Waals surface area contributed by atoms with Crippen LogP contribution < -0.4 is 4.74 Å². The number of nitrogens with zero attached hydrogens (tertiary/aromatic N) is 1. The lowest BCUT2D eigenvalue weighted by atomic mass is 10.1. The number of hydrogen-bond donors (Lipinski definition) is 1. The first-order valence-electron chi connectivity index (χ1n) is 4.89. The van der Waals surface area contributed by atoms with Crippen LogP contribution in [0.25, 0.3) is 0 Å². The number of hydrogen-bond acceptors (Lipinski definition) is 4. The normalized spacial score (nSPS) is 10.2. The number of aryl methyl sites for hydroxylation is 2. The number of carbonyl (C=O) groups is 1. The van der Waals surface area contributed by atoms with Crippen molar-refractivity contribution in [1.82, 2.24) is 4.98 Å². The van der Waals surface area contributed by atoms with E-state index in [1.807, 2.05) is 0 Å². The van der Waals surface area contributed by atoms with Crippen molar-refractivity contribution in [3.63, 3.8) is 0 Å². The van der Waals surface area contributed by atoms with E-state index in [4.69, 9.17) is 14.6 Å². The Morgan fingerprint density at radius 1 is 1.44 bits per heavy atom. The summed E-state index contributed by atoms with van der Waals surface area (Å²) >= 11 is 0. The van der Waals surface area contributed by atoms with E-state index in [0.29, 0.717) is 24.7 Å². The van der Waals surface area contributed by atoms with Crippen LogP contribution in [0.5, 0.6) is 5.75 Å². The third-order valence-corrected chi connectivity index (χ3v) is 2.05. The largest absolute Gasteiger partial charge is 0.490 e. The van der Waals surface area contributed by atoms with Crippen LogP contribution in [0.2, 0.25) is 0 Å². The molecule has 0 atom stereocenters. The molecule has 5 heteroatoms. The van der Waals surface area contributed by atoms with Crippen LogP contribution in [0, 0.1) is 13.8 Å². The molecular formula is C11H15NO4. The van der Waals surface area contributed by atoms with Crippen molar-refractivity contribution in [3.8, 4) is 5.75 Å². The van der Waals surface area contributed by atoms with Gasteiger partial charge in [-0.1, -0.05) is 0 Å². The molecule has 0 aliphatic carbocycles. The van der Waals surface area contributed by atoms with Crippen LogP contribution in [0.4, 0.5) is 0 Å². The molecule has 0 aliphatic rings. The van der Waals surface area contributed by atoms with Crippen LogP contribution in [0.15, 0.2) is 6.07 Å². The van der Waals surface area contributed by atoms with Gasteiger partial charge in [-0.25, -0.2) is 4.79 Å². The van der Waals surface area contributed by atoms with Crippen molar-refractivity contribution in [3.05, 3.63) is 23.0 Å². The fourth-order valence-corrected chi connectivity index (χ4v) is 1.40. The lowest BCUT2D eigenvalue weighted by molar-refractivity contribution is 0.0688. The first-order valence-corrected chi connectivity index (χ1v) is 4.89. The summed E-state index contributed by atoms with van der Waals surface area (Å²) in [7, 11) is 1.56. The lowest BCUT2D eigenvalue weighted by Crippen LogP contribution is -2.11. The van der Waals surface area contributed by atoms with Gasteiger partial charge in [0.25, 0.3) is 0 Å². The molecule has 0 unspecified atom stereocenters. The molecule has 16 heavy (non-hydrogen) atoms. The molecule has 0 radical (unpaired) electrons. The average molecular weight is 225 g/mol. The van der Waals surface area contributed by atoms with Gasteiger partial charge in [-0.15, -0.1) is 0 Å². The lowest BCUT2D eigenvalue weighted by Gasteiger charge is -2.11. The quantitative estimate of drug-likeness (QED) is 0.767. The Kier molecular flexibility index (Phi) is 4.25. The molecule has 0 aliphatic heterocycles. The zero-order valence-electron chi connectivity index (χ0n) is 9.61. The topological polar surface area (TPSA) is 68.7 Å². The van der Waals surface area contributed by atoms with Gasteiger partial charge < -0.3 is 14.6 Å². The number of methoxy groups -OCH3 is 1. The number of carboxylic acids is 1. The number of pyridine rings is 1. The number of rotatable bonds is 5. The van der Waals surface area contributed by atoms with E-state index < -0.39 is 5.97 Å². The highest BCUT2D eigenvalue weighted by Gasteiger charge is 2.16. The summed E-state index contributed by atoms with van der Waals surface area (Å²) < 4.78 is 10.2. The summed E-state index contributed by atoms with van der Waals surface area (Å²) in [5.41, 5.74) is 1.30. The van der Waals surface area contributed by atoms with Gasteiger partial charge in [-0.3, -0.25) is 4.98 Å². The molecule has 0 spiro atoms. The van der Waals surface area contributed by atoms with E-state index in [0.717, 1.165) is 5.69 Å². The van der Waals surface area contributed by atoms with Crippen LogP contribution in [-0.4, -0.2) is 36.4 Å². The van der Waals surface area contributed by atoms with Gasteiger partial charge in [0.1, 0.15) is 17.9 Å². The van der Waals surface area contributed by atoms with Gasteiger partial charge in [0.15, 0.2) is 0 Å². The van der Waals surface area contributed by atoms with Crippen molar-refractivity contribution in [2.24, 2.45) is 0 Å². The van der Waals surface area contributed by atoms with E-state index in [-0.39, 0.29) is 5.56 Å². The van der Waals surface area contributed by atoms with Gasteiger partial charge in [-0.2, -0.15) is 0 Å². The third-order valence-electron chi connectivity index (χ3n) is 2.05. The maximum absolute atomic E-state index is 11.0. The molecule has 0 fully saturated rings. The fourth-order valence-electron chi connectivity index (χ4n) is 1.40. The highest BCUT2D eigenvalue weighted by atomic mass is 16.5. The minimum Gasteiger partial charge on any atom is -0.490 e. The first-order chi connectivity index (χ1) is 7.56. The van der Waals surface area contributed by atoms with E-state index in [2.05, 4.69) is 4.98 Å². The summed E-state index contributed by atoms with van der Waals surface area (Å²) in [6.07, 6.45) is 0. The van der Waals surface area contributed by atoms with E-state index in [1.54, 1.807) is 27.0 Å². The number of carboxylic acid groups (broad SMARTS) is 1. The van der Waals surface area contributed by atoms with Crippen LogP contribution >= 0.6 is 0 Å². The van der Waals surface area contributed by atoms with Gasteiger partial charge >= 0.3 is 5.97 Å². The zero-order chi connectivity index (χ0) is 12.1. The molecule has 1 aromatic heterocycles. The SMILES string of the molecule is COCCOc1cc(C)nc(C)c1C(=O)O. The highest BCUT2D eigenvalue weighted by molar-refractivity contribution is 5.92. The van der Waals surface area contributed by atoms with Gasteiger partial charge in [0.05, 0.1) is 12.3 Å². The fraction of sp³-hybridized carbons (Fsp3) is 0.455. The molecule has 5 nitrogen and oxygen atoms in total. The molecule has 0 bridgehead atoms. The summed E-state index contributed by atoms with van der Waals surface area (Å²) in [5, 5.41) is 9.04. The van der Waals surface area contributed by atoms with Gasteiger partial charge in [0, 0.05) is 18.9 Å². The maximum Gasteiger partial charge on any atom is 0.341 e. The van der Waals surface area contributed by atoms with Crippen molar-refractivity contribution in [2.45, 2.75) is 13.8 Å². The predicted octanol–water partition coefficient (Wildman–Crippen LogP) is 1.42. The summed E-state index contributed by atoms with van der Waals surface area (Å²) in [6.45, 7) is 4.18. The number of aromatic nitrogens is 1. The first kappa shape index (κ1) is 12.4. The second-order valence-electron chi connectivity index (χ2n) is 3.37. The van der Waals surface area contributed by atoms with Crippen molar-refractivity contribution < 1.29 is 19.4 Å². The van der Waals surface area contributed by atoms with Crippen LogP contribution in [0.3, 0.4) is 0 Å². The Morgan fingerprint density at radius 2 is 2.12 bits per heavy atom. The summed E-state index contributed by atoms with van der Waals surface area (Å²) in [6, 6.07) is 1.62. The number of ether oxygens (including phenoxy) is 2. The molecule has 0 amide bonds. The molecule has 1 heterocycles. The Bertz CT molecular complexity index is 390. The Hall–Kier alpha value is -1.62. The standard InChI is InChI=1S/C11H15NO4/c1-7-6-9(16-5-4-15-3)10(11(13)14)8(2)12-7/h6H,4-5H2,1-3H3,(H,13,14). The minimum absolute atomic E-state index is 0.113. The van der Waals surface area contributed by atoms with Crippen molar-refractivity contribution in [1.29, 1.82) is 0 Å². The second kappa shape index (κ2) is 5.46. The molecule has 1 N–H and O–H groups in total. The zero-order valence-corrected chi connectivity index (χ0v) is 9.61. The molecule has 1 aromatic rings. The molecule has 1 rings (SSSR count). The second-order valence-corrected chi connectivity index (χ2v) is 3.37. The van der Waals surface area contributed by atoms with E-state index >= 15 is 0 Å². The van der Waals surface area contributed by atoms with Crippen molar-refractivity contribution in [2.75, 3.05) is 20.3 Å². The average Bonchev–Trinajstić information content (AvgIpc) is 2.16. The van der Waals surface area contributed by atoms with E-state index in [9.17, 15) is 4.79 Å². The molecule has 0 aromatic carbocycles.